The molecule has 0 bridgehead atoms. The first-order chi connectivity index (χ1) is 6.93. The lowest BCUT2D eigenvalue weighted by atomic mass is 10.1. The molecule has 5 heteroatoms. The minimum Gasteiger partial charge on any atom is -0.506 e. The molecular formula is C10H9ClO3S. The van der Waals surface area contributed by atoms with Gasteiger partial charge in [0.2, 0.25) is 0 Å². The molecule has 0 aliphatic rings. The van der Waals surface area contributed by atoms with Crippen molar-refractivity contribution >= 4 is 35.8 Å². The summed E-state index contributed by atoms with van der Waals surface area (Å²) in [6.45, 7) is 1.61. The van der Waals surface area contributed by atoms with E-state index >= 15 is 0 Å². The number of halogens is 1. The zero-order valence-electron chi connectivity index (χ0n) is 7.86. The van der Waals surface area contributed by atoms with Crippen molar-refractivity contribution in [2.75, 3.05) is 0 Å². The van der Waals surface area contributed by atoms with Crippen molar-refractivity contribution in [2.45, 2.75) is 6.92 Å². The summed E-state index contributed by atoms with van der Waals surface area (Å²) in [6, 6.07) is 4.52. The zero-order valence-corrected chi connectivity index (χ0v) is 9.51. The third-order valence-corrected chi connectivity index (χ3v) is 2.78. The Kier molecular flexibility index (Phi) is 3.66. The fraction of sp³-hybridized carbons (Fsp3) is 0.100. The molecule has 1 aromatic rings. The van der Waals surface area contributed by atoms with Crippen LogP contribution in [0.3, 0.4) is 0 Å². The van der Waals surface area contributed by atoms with E-state index in [0.29, 0.717) is 11.1 Å². The van der Waals surface area contributed by atoms with Crippen molar-refractivity contribution in [2.24, 2.45) is 0 Å². The number of rotatable bonds is 2. The van der Waals surface area contributed by atoms with E-state index in [-0.39, 0.29) is 15.7 Å². The number of carboxylic acids is 1. The first-order valence-corrected chi connectivity index (χ1v) is 4.88. The molecule has 0 heterocycles. The molecule has 0 radical (unpaired) electrons. The monoisotopic (exact) mass is 244 g/mol. The molecule has 0 saturated heterocycles. The second-order valence-electron chi connectivity index (χ2n) is 2.94. The highest BCUT2D eigenvalue weighted by molar-refractivity contribution is 7.85. The van der Waals surface area contributed by atoms with Gasteiger partial charge in [-0.15, -0.1) is 12.6 Å². The fourth-order valence-electron chi connectivity index (χ4n) is 1.04. The summed E-state index contributed by atoms with van der Waals surface area (Å²) < 4.78 is 0. The van der Waals surface area contributed by atoms with Gasteiger partial charge in [-0.05, 0) is 30.2 Å². The first-order valence-electron chi connectivity index (χ1n) is 4.05. The normalized spacial score (nSPS) is 12.2. The number of aliphatic carboxylic acids is 1. The number of thiol groups is 1. The maximum Gasteiger partial charge on any atom is 0.342 e. The number of hydrogen-bond donors (Lipinski definition) is 3. The predicted molar refractivity (Wildman–Crippen MR) is 62.3 cm³/mol. The van der Waals surface area contributed by atoms with Crippen LogP contribution >= 0.6 is 24.2 Å². The molecule has 0 spiro atoms. The number of allylic oxidation sites excluding steroid dienone is 1. The molecule has 0 aliphatic carbocycles. The van der Waals surface area contributed by atoms with Gasteiger partial charge in [0.1, 0.15) is 5.75 Å². The number of benzene rings is 1. The van der Waals surface area contributed by atoms with Crippen LogP contribution < -0.4 is 0 Å². The summed E-state index contributed by atoms with van der Waals surface area (Å²) in [5.74, 6) is -1.19. The lowest BCUT2D eigenvalue weighted by Crippen LogP contribution is -1.97. The third kappa shape index (κ3) is 2.67. The van der Waals surface area contributed by atoms with Crippen molar-refractivity contribution in [1.29, 1.82) is 0 Å². The summed E-state index contributed by atoms with van der Waals surface area (Å²) in [4.78, 5) is 10.6. The fourth-order valence-corrected chi connectivity index (χ4v) is 1.29. The summed E-state index contributed by atoms with van der Waals surface area (Å²) in [6.07, 6.45) is 0. The van der Waals surface area contributed by atoms with Crippen LogP contribution in [0.1, 0.15) is 12.5 Å². The maximum atomic E-state index is 10.6. The minimum absolute atomic E-state index is 0.0586. The molecule has 0 fully saturated rings. The molecular weight excluding hydrogens is 236 g/mol. The van der Waals surface area contributed by atoms with Crippen LogP contribution in [0.4, 0.5) is 0 Å². The molecule has 1 aromatic carbocycles. The summed E-state index contributed by atoms with van der Waals surface area (Å²) in [5, 5.41) is 18.3. The third-order valence-electron chi connectivity index (χ3n) is 1.94. The van der Waals surface area contributed by atoms with E-state index in [1.807, 2.05) is 0 Å². The van der Waals surface area contributed by atoms with Gasteiger partial charge in [-0.3, -0.25) is 0 Å². The molecule has 15 heavy (non-hydrogen) atoms. The van der Waals surface area contributed by atoms with Crippen LogP contribution in [0.5, 0.6) is 5.75 Å². The highest BCUT2D eigenvalue weighted by atomic mass is 35.5. The maximum absolute atomic E-state index is 10.6. The summed E-state index contributed by atoms with van der Waals surface area (Å²) >= 11 is 9.48. The number of carbonyl (C=O) groups is 1. The number of aromatic hydroxyl groups is 1. The van der Waals surface area contributed by atoms with Gasteiger partial charge in [-0.2, -0.15) is 0 Å². The van der Waals surface area contributed by atoms with Crippen molar-refractivity contribution in [3.8, 4) is 5.75 Å². The average molecular weight is 245 g/mol. The first kappa shape index (κ1) is 11.9. The van der Waals surface area contributed by atoms with Crippen LogP contribution in [0, 0.1) is 0 Å². The molecule has 2 N–H and O–H groups in total. The van der Waals surface area contributed by atoms with Crippen LogP contribution in [0.2, 0.25) is 5.02 Å². The Morgan fingerprint density at radius 3 is 2.53 bits per heavy atom. The molecule has 3 nitrogen and oxygen atoms in total. The lowest BCUT2D eigenvalue weighted by Gasteiger charge is -2.05. The van der Waals surface area contributed by atoms with Crippen LogP contribution in [0.15, 0.2) is 23.1 Å². The number of carboxylic acid groups (broad SMARTS) is 1. The smallest absolute Gasteiger partial charge is 0.342 e. The standard InChI is InChI=1S/C10H9ClO3S/c1-5(9(15)10(13)14)6-2-3-7(11)8(12)4-6/h2-4,12,15H,1H3,(H,13,14)/b9-5-. The number of phenolic OH excluding ortho intramolecular Hbond substituents is 1. The molecule has 1 rings (SSSR count). The van der Waals surface area contributed by atoms with E-state index in [1.165, 1.54) is 12.1 Å². The van der Waals surface area contributed by atoms with E-state index in [0.717, 1.165) is 0 Å². The lowest BCUT2D eigenvalue weighted by molar-refractivity contribution is -0.131. The van der Waals surface area contributed by atoms with Crippen molar-refractivity contribution < 1.29 is 15.0 Å². The topological polar surface area (TPSA) is 57.5 Å². The Morgan fingerprint density at radius 1 is 1.47 bits per heavy atom. The predicted octanol–water partition coefficient (Wildman–Crippen LogP) is 2.79. The average Bonchev–Trinajstić information content (AvgIpc) is 2.19. The minimum atomic E-state index is -1.11. The Bertz CT molecular complexity index is 440. The van der Waals surface area contributed by atoms with Crippen LogP contribution in [0.25, 0.3) is 5.57 Å². The SMILES string of the molecule is C/C(=C(/S)C(=O)O)c1ccc(Cl)c(O)c1. The van der Waals surface area contributed by atoms with Crippen molar-refractivity contribution in [3.05, 3.63) is 33.7 Å². The van der Waals surface area contributed by atoms with Gasteiger partial charge in [0, 0.05) is 0 Å². The highest BCUT2D eigenvalue weighted by Gasteiger charge is 2.09. The number of phenols is 1. The van der Waals surface area contributed by atoms with Gasteiger partial charge in [-0.25, -0.2) is 4.79 Å². The van der Waals surface area contributed by atoms with Gasteiger partial charge in [0.15, 0.2) is 0 Å². The van der Waals surface area contributed by atoms with E-state index in [4.69, 9.17) is 16.7 Å². The number of hydrogen-bond acceptors (Lipinski definition) is 3. The quantitative estimate of drug-likeness (QED) is 0.554. The Hall–Kier alpha value is -1.13. The van der Waals surface area contributed by atoms with Gasteiger partial charge in [0.25, 0.3) is 0 Å². The zero-order chi connectivity index (χ0) is 11.6. The van der Waals surface area contributed by atoms with Gasteiger partial charge < -0.3 is 10.2 Å². The van der Waals surface area contributed by atoms with Gasteiger partial charge in [-0.1, -0.05) is 17.7 Å². The second-order valence-corrected chi connectivity index (χ2v) is 3.80. The Morgan fingerprint density at radius 2 is 2.07 bits per heavy atom. The molecule has 0 atom stereocenters. The van der Waals surface area contributed by atoms with Gasteiger partial charge in [0.05, 0.1) is 9.93 Å². The summed E-state index contributed by atoms with van der Waals surface area (Å²) in [7, 11) is 0. The molecule has 80 valence electrons. The largest absolute Gasteiger partial charge is 0.506 e. The van der Waals surface area contributed by atoms with Crippen molar-refractivity contribution in [1.82, 2.24) is 0 Å². The van der Waals surface area contributed by atoms with Crippen LogP contribution in [-0.2, 0) is 4.79 Å². The summed E-state index contributed by atoms with van der Waals surface area (Å²) in [5.41, 5.74) is 1.04. The van der Waals surface area contributed by atoms with E-state index in [2.05, 4.69) is 12.6 Å². The van der Waals surface area contributed by atoms with Crippen LogP contribution in [-0.4, -0.2) is 16.2 Å². The second kappa shape index (κ2) is 4.59. The Balaban J connectivity index is 3.23. The molecule has 0 aliphatic heterocycles. The van der Waals surface area contributed by atoms with Crippen molar-refractivity contribution in [3.63, 3.8) is 0 Å². The van der Waals surface area contributed by atoms with E-state index in [9.17, 15) is 9.90 Å². The molecule has 0 aromatic heterocycles. The Labute approximate surface area is 97.4 Å². The van der Waals surface area contributed by atoms with Gasteiger partial charge >= 0.3 is 5.97 Å². The molecule has 0 saturated carbocycles. The highest BCUT2D eigenvalue weighted by Crippen LogP contribution is 2.29. The van der Waals surface area contributed by atoms with E-state index < -0.39 is 5.97 Å². The molecule has 0 unspecified atom stereocenters. The molecule has 0 amide bonds. The van der Waals surface area contributed by atoms with E-state index in [1.54, 1.807) is 13.0 Å².